The van der Waals surface area contributed by atoms with E-state index in [9.17, 15) is 74.8 Å². The van der Waals surface area contributed by atoms with Crippen LogP contribution in [0.3, 0.4) is 0 Å². The molecular weight excluding hydrogens is 1550 g/mol. The molecule has 0 atom stereocenters. The molecule has 0 radical (unpaired) electrons. The molecule has 0 fully saturated rings. The van der Waals surface area contributed by atoms with E-state index in [1.807, 2.05) is 9.44 Å². The maximum Gasteiger partial charge on any atom is 0.342 e. The molecule has 1 heterocycles. The third-order valence-corrected chi connectivity index (χ3v) is 18.1. The van der Waals surface area contributed by atoms with Gasteiger partial charge in [-0.2, -0.15) is 0 Å². The van der Waals surface area contributed by atoms with Gasteiger partial charge in [0.15, 0.2) is 23.3 Å². The van der Waals surface area contributed by atoms with Crippen LogP contribution in [0.1, 0.15) is 109 Å². The van der Waals surface area contributed by atoms with Gasteiger partial charge in [0.25, 0.3) is 5.24 Å². The van der Waals surface area contributed by atoms with Crippen molar-refractivity contribution in [3.63, 3.8) is 0 Å². The van der Waals surface area contributed by atoms with E-state index in [4.69, 9.17) is 103 Å². The van der Waals surface area contributed by atoms with Crippen LogP contribution >= 0.6 is 96.2 Å². The number of nitrogens with one attached hydrogen (secondary N) is 3. The van der Waals surface area contributed by atoms with Crippen LogP contribution in [0, 0.1) is 29.1 Å². The number of carboxylic acid groups (broad SMARTS) is 1. The Labute approximate surface area is 583 Å². The summed E-state index contributed by atoms with van der Waals surface area (Å²) in [6.45, 7) is 10.2. The lowest BCUT2D eigenvalue weighted by Gasteiger charge is -2.11. The minimum Gasteiger partial charge on any atom is -0.478 e. The maximum absolute atomic E-state index is 14.2. The van der Waals surface area contributed by atoms with Crippen LogP contribution in [0.2, 0.25) is 25.1 Å². The average Bonchev–Trinajstić information content (AvgIpc) is 0.847. The molecule has 6 aromatic rings. The lowest BCUT2D eigenvalue weighted by molar-refractivity contribution is 0.0511. The number of aromatic carboxylic acids is 1. The van der Waals surface area contributed by atoms with Gasteiger partial charge in [-0.05, 0) is 146 Å². The Hall–Kier alpha value is -5.91. The molecular formula is C55H62BrCl7F5N7O15S4. The summed E-state index contributed by atoms with van der Waals surface area (Å²) in [5.41, 5.74) is 13.3. The number of nitrogen functional groups attached to an aromatic ring is 3. The number of rotatable bonds is 20. The Morgan fingerprint density at radius 2 is 0.862 bits per heavy atom. The predicted molar refractivity (Wildman–Crippen MR) is 364 cm³/mol. The molecule has 0 aliphatic rings. The fraction of sp³-hybridized carbons (Fsp3) is 0.291. The summed E-state index contributed by atoms with van der Waals surface area (Å²) < 4.78 is 173. The van der Waals surface area contributed by atoms with Crippen molar-refractivity contribution in [3.8, 4) is 0 Å². The third kappa shape index (κ3) is 32.7. The van der Waals surface area contributed by atoms with E-state index in [1.54, 1.807) is 65.9 Å². The van der Waals surface area contributed by atoms with Crippen LogP contribution in [-0.4, -0.2) is 103 Å². The summed E-state index contributed by atoms with van der Waals surface area (Å²) in [7, 11) is -9.39. The van der Waals surface area contributed by atoms with Gasteiger partial charge in [-0.15, -0.1) is 0 Å². The first-order valence-corrected chi connectivity index (χ1v) is 37.0. The number of sulfonamides is 3. The molecule has 0 aliphatic heterocycles. The number of anilines is 6. The van der Waals surface area contributed by atoms with Crippen molar-refractivity contribution in [1.29, 1.82) is 0 Å². The lowest BCUT2D eigenvalue weighted by Crippen LogP contribution is -2.18. The zero-order valence-electron chi connectivity index (χ0n) is 50.0. The zero-order chi connectivity index (χ0) is 72.6. The minimum atomic E-state index is -3.69. The lowest BCUT2D eigenvalue weighted by atomic mass is 10.2. The molecule has 0 amide bonds. The fourth-order valence-electron chi connectivity index (χ4n) is 6.21. The monoisotopic (exact) mass is 1610 g/mol. The molecule has 6 rings (SSSR count). The second kappa shape index (κ2) is 42.6. The standard InChI is InChI=1S/C12H15ClFNO4S.C10H10Cl2FNO3S.C10H11ClFNO4S.C9H9ClFNO2.C6H5ClFN.C5H5BrN2.C3H7ClO2S/c1-3-7-20(17,18)15-9-6-5-8(13)10(11(9)14)12(16)19-4-2;1-2-5-18(16,17)14-7-4-3-6(11)8(9(7)13)10(12)15;1-2-5-18(16,17)13-7-4-3-6(11)8(9(7)12)10(14)15;1-2-14-9(13)7-5(10)3-4-6(12)8(7)11;7-4-1-2-6(9)5(8)3-4;6-5-2-1-4(7)3-8-5;1-2-3-7(4,5)6/h5-6,15H,3-4,7H2,1-2H3;3-4,14H,2,5H2,1H3;3-4,13H,2,5H2,1H3,(H,14,15);3-4H,2,12H2,1H3;1-3H,9H2;1-3H,7H2;2-3H2,1H3. The number of pyridine rings is 1. The number of carbonyl (C=O) groups is 4. The van der Waals surface area contributed by atoms with Crippen LogP contribution < -0.4 is 31.4 Å². The number of benzene rings is 5. The molecule has 39 heteroatoms. The van der Waals surface area contributed by atoms with Gasteiger partial charge in [0.1, 0.15) is 27.1 Å². The molecule has 0 spiro atoms. The highest BCUT2D eigenvalue weighted by atomic mass is 79.9. The van der Waals surface area contributed by atoms with Gasteiger partial charge in [-0.3, -0.25) is 19.0 Å². The summed E-state index contributed by atoms with van der Waals surface area (Å²) in [5, 5.41) is 7.43. The van der Waals surface area contributed by atoms with Gasteiger partial charge in [-0.1, -0.05) is 85.7 Å². The number of aromatic nitrogens is 1. The number of halogens is 13. The van der Waals surface area contributed by atoms with Crippen LogP contribution in [0.15, 0.2) is 89.7 Å². The Balaban J connectivity index is 0.00000110. The van der Waals surface area contributed by atoms with Crippen LogP contribution in [0.25, 0.3) is 0 Å². The Kier molecular flexibility index (Phi) is 39.9. The molecule has 10 N–H and O–H groups in total. The molecule has 1 aromatic heterocycles. The summed E-state index contributed by atoms with van der Waals surface area (Å²) in [6, 6.07) is 17.3. The van der Waals surface area contributed by atoms with Crippen molar-refractivity contribution in [2.24, 2.45) is 0 Å². The van der Waals surface area contributed by atoms with E-state index in [0.29, 0.717) is 36.4 Å². The smallest absolute Gasteiger partial charge is 0.342 e. The number of carbonyl (C=O) groups excluding carboxylic acids is 3. The van der Waals surface area contributed by atoms with E-state index < -0.39 is 114 Å². The summed E-state index contributed by atoms with van der Waals surface area (Å²) >= 11 is 36.3. The van der Waals surface area contributed by atoms with E-state index >= 15 is 0 Å². The van der Waals surface area contributed by atoms with Gasteiger partial charge < -0.3 is 31.8 Å². The quantitative estimate of drug-likeness (QED) is 0.0123. The largest absolute Gasteiger partial charge is 0.478 e. The van der Waals surface area contributed by atoms with E-state index in [1.165, 1.54) is 36.4 Å². The minimum absolute atomic E-state index is 0.00449. The van der Waals surface area contributed by atoms with Crippen molar-refractivity contribution in [2.45, 2.75) is 67.2 Å². The van der Waals surface area contributed by atoms with E-state index in [0.717, 1.165) is 28.9 Å². The van der Waals surface area contributed by atoms with Crippen LogP contribution in [0.5, 0.6) is 0 Å². The third-order valence-electron chi connectivity index (χ3n) is 10.1. The predicted octanol–water partition coefficient (Wildman–Crippen LogP) is 14.8. The van der Waals surface area contributed by atoms with Gasteiger partial charge >= 0.3 is 17.9 Å². The van der Waals surface area contributed by atoms with Gasteiger partial charge in [0.05, 0.1) is 102 Å². The number of esters is 2. The van der Waals surface area contributed by atoms with Crippen LogP contribution in [0.4, 0.5) is 56.1 Å². The number of hydrogen-bond acceptors (Lipinski definition) is 18. The van der Waals surface area contributed by atoms with Crippen molar-refractivity contribution >= 4 is 193 Å². The number of nitrogens with two attached hydrogens (primary N) is 3. The topological polar surface area (TPSA) is 371 Å². The second-order valence-electron chi connectivity index (χ2n) is 17.8. The fourth-order valence-corrected chi connectivity index (χ4v) is 12.1. The molecule has 0 saturated heterocycles. The molecule has 0 saturated carbocycles. The summed E-state index contributed by atoms with van der Waals surface area (Å²) in [5.74, 6) is -8.34. The molecule has 5 aromatic carbocycles. The van der Waals surface area contributed by atoms with Crippen molar-refractivity contribution < 1.29 is 89.4 Å². The molecule has 0 bridgehead atoms. The van der Waals surface area contributed by atoms with E-state index in [-0.39, 0.29) is 84.6 Å². The summed E-state index contributed by atoms with van der Waals surface area (Å²) in [4.78, 5) is 48.5. The highest BCUT2D eigenvalue weighted by Crippen LogP contribution is 2.31. The normalized spacial score (nSPS) is 10.8. The average molecular weight is 1610 g/mol. The first-order valence-electron chi connectivity index (χ1n) is 26.5. The molecule has 0 aliphatic carbocycles. The molecule has 22 nitrogen and oxygen atoms in total. The Morgan fingerprint density at radius 3 is 1.17 bits per heavy atom. The van der Waals surface area contributed by atoms with Crippen LogP contribution in [-0.2, 0) is 48.6 Å². The number of nitrogens with zero attached hydrogens (tertiary/aromatic N) is 1. The van der Waals surface area contributed by atoms with Crippen molar-refractivity contribution in [1.82, 2.24) is 4.98 Å². The maximum atomic E-state index is 14.2. The highest BCUT2D eigenvalue weighted by molar-refractivity contribution is 9.10. The van der Waals surface area contributed by atoms with Gasteiger partial charge in [0, 0.05) is 15.7 Å². The van der Waals surface area contributed by atoms with E-state index in [2.05, 4.69) is 35.1 Å². The molecule has 0 unspecified atom stereocenters. The first-order chi connectivity index (χ1) is 43.5. The number of ether oxygens (including phenoxy) is 2. The number of hydrogen-bond donors (Lipinski definition) is 7. The van der Waals surface area contributed by atoms with Crippen molar-refractivity contribution in [2.75, 3.05) is 67.6 Å². The van der Waals surface area contributed by atoms with Gasteiger partial charge in [0.2, 0.25) is 39.1 Å². The number of carboxylic acids is 1. The zero-order valence-corrected chi connectivity index (χ0v) is 60.2. The highest BCUT2D eigenvalue weighted by Gasteiger charge is 2.25. The second-order valence-corrected chi connectivity index (χ2v) is 29.4. The summed E-state index contributed by atoms with van der Waals surface area (Å²) in [6.07, 6.45) is 3.31. The molecule has 94 heavy (non-hydrogen) atoms. The first kappa shape index (κ1) is 88.1. The Bertz CT molecular complexity index is 3910. The van der Waals surface area contributed by atoms with Gasteiger partial charge in [-0.25, -0.2) is 75.0 Å². The van der Waals surface area contributed by atoms with Crippen molar-refractivity contribution in [3.05, 3.63) is 166 Å². The molecule has 522 valence electrons. The Morgan fingerprint density at radius 1 is 0.511 bits per heavy atom. The SMILES string of the molecule is CCCS(=O)(=O)Cl.CCCS(=O)(=O)Nc1ccc(Cl)c(C(=O)Cl)c1F.CCCS(=O)(=O)Nc1ccc(Cl)c(C(=O)O)c1F.CCCS(=O)(=O)Nc1ccc(Cl)c(C(=O)OCC)c1F.CCOC(=O)c1c(Cl)ccc(N)c1F.Nc1ccc(Br)nc1.Nc1ccc(Cl)cc1F.